The molecule has 0 aromatic heterocycles. The van der Waals surface area contributed by atoms with Crippen LogP contribution in [0.3, 0.4) is 0 Å². The van der Waals surface area contributed by atoms with Crippen molar-refractivity contribution >= 4 is 10.0 Å². The fourth-order valence-electron chi connectivity index (χ4n) is 2.11. The van der Waals surface area contributed by atoms with E-state index in [1.807, 2.05) is 0 Å². The number of methoxy groups -OCH3 is 1. The monoisotopic (exact) mass is 300 g/mol. The molecule has 1 aromatic carbocycles. The first-order chi connectivity index (χ1) is 9.56. The van der Waals surface area contributed by atoms with Gasteiger partial charge in [0.2, 0.25) is 10.0 Å². The SMILES string of the molecule is COc1cc(CN)ccc1S(=O)(=O)NCC1CCOC1. The lowest BCUT2D eigenvalue weighted by molar-refractivity contribution is 0.186. The highest BCUT2D eigenvalue weighted by molar-refractivity contribution is 7.89. The van der Waals surface area contributed by atoms with E-state index < -0.39 is 10.0 Å². The number of hydrogen-bond acceptors (Lipinski definition) is 5. The van der Waals surface area contributed by atoms with Crippen molar-refractivity contribution in [3.8, 4) is 5.75 Å². The van der Waals surface area contributed by atoms with E-state index in [9.17, 15) is 8.42 Å². The maximum atomic E-state index is 12.3. The molecule has 1 aliphatic rings. The normalized spacial score (nSPS) is 19.2. The first kappa shape index (κ1) is 15.2. The zero-order chi connectivity index (χ0) is 14.6. The van der Waals surface area contributed by atoms with Crippen LogP contribution < -0.4 is 15.2 Å². The van der Waals surface area contributed by atoms with E-state index in [1.165, 1.54) is 13.2 Å². The standard InChI is InChI=1S/C13H20N2O4S/c1-18-12-6-10(7-14)2-3-13(12)20(16,17)15-8-11-4-5-19-9-11/h2-3,6,11,15H,4-5,7-9,14H2,1H3. The van der Waals surface area contributed by atoms with Crippen molar-refractivity contribution in [1.29, 1.82) is 0 Å². The van der Waals surface area contributed by atoms with E-state index in [-0.39, 0.29) is 10.8 Å². The Labute approximate surface area is 119 Å². The molecule has 6 nitrogen and oxygen atoms in total. The molecule has 1 fully saturated rings. The van der Waals surface area contributed by atoms with Crippen LogP contribution >= 0.6 is 0 Å². The van der Waals surface area contributed by atoms with Crippen LogP contribution in [0.1, 0.15) is 12.0 Å². The Kier molecular flexibility index (Phi) is 4.98. The van der Waals surface area contributed by atoms with Crippen molar-refractivity contribution in [3.63, 3.8) is 0 Å². The molecular formula is C13H20N2O4S. The highest BCUT2D eigenvalue weighted by Gasteiger charge is 2.23. The van der Waals surface area contributed by atoms with E-state index in [0.717, 1.165) is 12.0 Å². The van der Waals surface area contributed by atoms with Gasteiger partial charge in [-0.25, -0.2) is 13.1 Å². The van der Waals surface area contributed by atoms with Crippen LogP contribution in [0.4, 0.5) is 0 Å². The second-order valence-corrected chi connectivity index (χ2v) is 6.51. The predicted molar refractivity (Wildman–Crippen MR) is 75.0 cm³/mol. The van der Waals surface area contributed by atoms with Gasteiger partial charge in [-0.2, -0.15) is 0 Å². The van der Waals surface area contributed by atoms with Crippen LogP contribution in [0.5, 0.6) is 5.75 Å². The zero-order valence-electron chi connectivity index (χ0n) is 11.5. The fourth-order valence-corrected chi connectivity index (χ4v) is 3.38. The summed E-state index contributed by atoms with van der Waals surface area (Å²) in [6.45, 7) is 2.01. The summed E-state index contributed by atoms with van der Waals surface area (Å²) < 4.78 is 37.6. The first-order valence-electron chi connectivity index (χ1n) is 6.51. The third-order valence-corrected chi connectivity index (χ3v) is 4.80. The molecule has 1 aliphatic heterocycles. The van der Waals surface area contributed by atoms with Crippen LogP contribution in [0.25, 0.3) is 0 Å². The number of benzene rings is 1. The number of nitrogens with one attached hydrogen (secondary N) is 1. The van der Waals surface area contributed by atoms with Crippen molar-refractivity contribution in [2.75, 3.05) is 26.9 Å². The van der Waals surface area contributed by atoms with Gasteiger partial charge < -0.3 is 15.2 Å². The molecule has 0 bridgehead atoms. The number of nitrogens with two attached hydrogens (primary N) is 1. The fraction of sp³-hybridized carbons (Fsp3) is 0.538. The Hall–Kier alpha value is -1.15. The summed E-state index contributed by atoms with van der Waals surface area (Å²) in [6, 6.07) is 4.86. The van der Waals surface area contributed by atoms with Crippen molar-refractivity contribution in [3.05, 3.63) is 23.8 Å². The summed E-state index contributed by atoms with van der Waals surface area (Å²) in [5.41, 5.74) is 6.36. The molecular weight excluding hydrogens is 280 g/mol. The topological polar surface area (TPSA) is 90.7 Å². The summed E-state index contributed by atoms with van der Waals surface area (Å²) in [6.07, 6.45) is 0.881. The lowest BCUT2D eigenvalue weighted by atomic mass is 10.1. The molecule has 7 heteroatoms. The molecule has 1 heterocycles. The van der Waals surface area contributed by atoms with Gasteiger partial charge in [0.25, 0.3) is 0 Å². The molecule has 0 amide bonds. The molecule has 1 aromatic rings. The van der Waals surface area contributed by atoms with E-state index in [0.29, 0.717) is 32.1 Å². The predicted octanol–water partition coefficient (Wildman–Crippen LogP) is 0.469. The molecule has 0 aliphatic carbocycles. The molecule has 0 saturated carbocycles. The minimum Gasteiger partial charge on any atom is -0.495 e. The molecule has 112 valence electrons. The maximum Gasteiger partial charge on any atom is 0.244 e. The highest BCUT2D eigenvalue weighted by Crippen LogP contribution is 2.25. The van der Waals surface area contributed by atoms with Gasteiger partial charge in [-0.1, -0.05) is 6.07 Å². The minimum atomic E-state index is -3.59. The Morgan fingerprint density at radius 3 is 2.90 bits per heavy atom. The second-order valence-electron chi connectivity index (χ2n) is 4.77. The Morgan fingerprint density at radius 1 is 1.50 bits per heavy atom. The van der Waals surface area contributed by atoms with Crippen molar-refractivity contribution in [2.45, 2.75) is 17.9 Å². The van der Waals surface area contributed by atoms with Crippen LogP contribution in [-0.2, 0) is 21.3 Å². The summed E-state index contributed by atoms with van der Waals surface area (Å²) in [4.78, 5) is 0.135. The van der Waals surface area contributed by atoms with Gasteiger partial charge in [-0.15, -0.1) is 0 Å². The average Bonchev–Trinajstić information content (AvgIpc) is 2.97. The largest absolute Gasteiger partial charge is 0.495 e. The van der Waals surface area contributed by atoms with E-state index in [1.54, 1.807) is 12.1 Å². The number of sulfonamides is 1. The van der Waals surface area contributed by atoms with Crippen molar-refractivity contribution < 1.29 is 17.9 Å². The number of ether oxygens (including phenoxy) is 2. The minimum absolute atomic E-state index is 0.135. The van der Waals surface area contributed by atoms with Gasteiger partial charge in [0.15, 0.2) is 0 Å². The Morgan fingerprint density at radius 2 is 2.30 bits per heavy atom. The van der Waals surface area contributed by atoms with Gasteiger partial charge >= 0.3 is 0 Å². The summed E-state index contributed by atoms with van der Waals surface area (Å²) >= 11 is 0. The summed E-state index contributed by atoms with van der Waals surface area (Å²) in [5, 5.41) is 0. The lowest BCUT2D eigenvalue weighted by Crippen LogP contribution is -2.30. The smallest absolute Gasteiger partial charge is 0.244 e. The lowest BCUT2D eigenvalue weighted by Gasteiger charge is -2.13. The molecule has 1 atom stereocenters. The molecule has 0 spiro atoms. The maximum absolute atomic E-state index is 12.3. The van der Waals surface area contributed by atoms with Crippen LogP contribution in [0.2, 0.25) is 0 Å². The molecule has 20 heavy (non-hydrogen) atoms. The van der Waals surface area contributed by atoms with E-state index in [4.69, 9.17) is 15.2 Å². The van der Waals surface area contributed by atoms with Gasteiger partial charge in [0.1, 0.15) is 10.6 Å². The van der Waals surface area contributed by atoms with Gasteiger partial charge in [-0.05, 0) is 30.0 Å². The molecule has 1 unspecified atom stereocenters. The van der Waals surface area contributed by atoms with E-state index in [2.05, 4.69) is 4.72 Å². The molecule has 1 saturated heterocycles. The molecule has 2 rings (SSSR count). The van der Waals surface area contributed by atoms with Crippen LogP contribution in [-0.4, -0.2) is 35.3 Å². The summed E-state index contributed by atoms with van der Waals surface area (Å²) in [7, 11) is -2.14. The Balaban J connectivity index is 2.15. The quantitative estimate of drug-likeness (QED) is 0.797. The van der Waals surface area contributed by atoms with Crippen LogP contribution in [0.15, 0.2) is 23.1 Å². The van der Waals surface area contributed by atoms with Gasteiger partial charge in [-0.3, -0.25) is 0 Å². The van der Waals surface area contributed by atoms with Crippen LogP contribution in [0, 0.1) is 5.92 Å². The third-order valence-electron chi connectivity index (χ3n) is 3.34. The number of hydrogen-bond donors (Lipinski definition) is 2. The summed E-state index contributed by atoms with van der Waals surface area (Å²) in [5.74, 6) is 0.544. The molecule has 0 radical (unpaired) electrons. The molecule has 3 N–H and O–H groups in total. The average molecular weight is 300 g/mol. The first-order valence-corrected chi connectivity index (χ1v) is 7.99. The van der Waals surface area contributed by atoms with E-state index >= 15 is 0 Å². The van der Waals surface area contributed by atoms with Gasteiger partial charge in [0, 0.05) is 19.7 Å². The van der Waals surface area contributed by atoms with Crippen molar-refractivity contribution in [2.24, 2.45) is 11.7 Å². The highest BCUT2D eigenvalue weighted by atomic mass is 32.2. The van der Waals surface area contributed by atoms with Crippen molar-refractivity contribution in [1.82, 2.24) is 4.72 Å². The number of rotatable bonds is 6. The second kappa shape index (κ2) is 6.53. The third kappa shape index (κ3) is 3.49. The Bertz CT molecular complexity index is 553. The zero-order valence-corrected chi connectivity index (χ0v) is 12.3. The van der Waals surface area contributed by atoms with Gasteiger partial charge in [0.05, 0.1) is 13.7 Å².